The van der Waals surface area contributed by atoms with Crippen LogP contribution in [0.3, 0.4) is 0 Å². The highest BCUT2D eigenvalue weighted by Gasteiger charge is 2.29. The smallest absolute Gasteiger partial charge is 0.234 e. The Bertz CT molecular complexity index is 777. The number of benzene rings is 1. The van der Waals surface area contributed by atoms with E-state index in [0.717, 1.165) is 12.8 Å². The Labute approximate surface area is 158 Å². The Kier molecular flexibility index (Phi) is 5.78. The molecule has 1 aliphatic carbocycles. The molecule has 9 heteroatoms. The minimum Gasteiger partial charge on any atom is -0.325 e. The largest absolute Gasteiger partial charge is 0.325 e. The number of thioether (sulfide) groups is 1. The summed E-state index contributed by atoms with van der Waals surface area (Å²) in [5, 5.41) is 14.9. The second kappa shape index (κ2) is 8.03. The van der Waals surface area contributed by atoms with Crippen molar-refractivity contribution in [1.82, 2.24) is 10.2 Å². The highest BCUT2D eigenvalue weighted by atomic mass is 35.5. The van der Waals surface area contributed by atoms with Gasteiger partial charge in [-0.2, -0.15) is 0 Å². The average Bonchev–Trinajstić information content (AvgIpc) is 3.38. The van der Waals surface area contributed by atoms with Gasteiger partial charge in [-0.1, -0.05) is 35.0 Å². The summed E-state index contributed by atoms with van der Waals surface area (Å²) in [5.74, 6) is 0.455. The predicted molar refractivity (Wildman–Crippen MR) is 99.2 cm³/mol. The van der Waals surface area contributed by atoms with Crippen molar-refractivity contribution in [1.29, 1.82) is 0 Å². The van der Waals surface area contributed by atoms with E-state index in [1.807, 2.05) is 0 Å². The summed E-state index contributed by atoms with van der Waals surface area (Å²) in [6.45, 7) is 0. The maximum absolute atomic E-state index is 12.0. The molecular formula is C16H14Cl2N4O2S. The van der Waals surface area contributed by atoms with Crippen molar-refractivity contribution in [3.63, 3.8) is 0 Å². The lowest BCUT2D eigenvalue weighted by atomic mass is 10.3. The summed E-state index contributed by atoms with van der Waals surface area (Å²) in [6.07, 6.45) is 1.86. The zero-order chi connectivity index (χ0) is 17.8. The number of hydrogen-bond donors (Lipinski definition) is 2. The molecular weight excluding hydrogens is 383 g/mol. The van der Waals surface area contributed by atoms with E-state index in [0.29, 0.717) is 26.6 Å². The molecule has 1 aromatic carbocycles. The highest BCUT2D eigenvalue weighted by Crippen LogP contribution is 2.30. The number of nitrogens with zero attached hydrogens (tertiary/aromatic N) is 2. The molecule has 0 saturated heterocycles. The fourth-order valence-corrected chi connectivity index (χ4v) is 3.14. The Morgan fingerprint density at radius 2 is 1.80 bits per heavy atom. The van der Waals surface area contributed by atoms with Crippen LogP contribution in [-0.2, 0) is 9.59 Å². The number of halogens is 2. The van der Waals surface area contributed by atoms with Crippen molar-refractivity contribution >= 4 is 58.3 Å². The molecule has 0 bridgehead atoms. The molecule has 0 unspecified atom stereocenters. The van der Waals surface area contributed by atoms with E-state index in [-0.39, 0.29) is 23.5 Å². The van der Waals surface area contributed by atoms with Crippen LogP contribution in [0.25, 0.3) is 0 Å². The first-order valence-corrected chi connectivity index (χ1v) is 9.27. The lowest BCUT2D eigenvalue weighted by Gasteiger charge is -2.06. The number of rotatable bonds is 6. The fraction of sp³-hybridized carbons (Fsp3) is 0.250. The number of hydrogen-bond acceptors (Lipinski definition) is 5. The van der Waals surface area contributed by atoms with Gasteiger partial charge in [-0.15, -0.1) is 10.2 Å². The van der Waals surface area contributed by atoms with E-state index in [2.05, 4.69) is 20.8 Å². The van der Waals surface area contributed by atoms with Gasteiger partial charge in [0.25, 0.3) is 0 Å². The minimum atomic E-state index is -0.212. The van der Waals surface area contributed by atoms with Gasteiger partial charge < -0.3 is 10.6 Å². The third kappa shape index (κ3) is 5.59. The molecule has 3 rings (SSSR count). The molecule has 2 amide bonds. The number of carbonyl (C=O) groups excluding carboxylic acids is 2. The number of carbonyl (C=O) groups is 2. The van der Waals surface area contributed by atoms with Crippen molar-refractivity contribution in [3.8, 4) is 0 Å². The van der Waals surface area contributed by atoms with Gasteiger partial charge in [-0.3, -0.25) is 9.59 Å². The second-order valence-corrected chi connectivity index (χ2v) is 7.38. The number of aromatic nitrogens is 2. The lowest BCUT2D eigenvalue weighted by Crippen LogP contribution is -2.15. The molecule has 1 aromatic heterocycles. The number of nitrogens with one attached hydrogen (secondary N) is 2. The third-order valence-corrected chi connectivity index (χ3v) is 4.69. The molecule has 0 aliphatic heterocycles. The summed E-state index contributed by atoms with van der Waals surface area (Å²) in [6, 6.07) is 8.21. The fourth-order valence-electron chi connectivity index (χ4n) is 2.00. The van der Waals surface area contributed by atoms with Gasteiger partial charge in [-0.05, 0) is 43.2 Å². The third-order valence-electron chi connectivity index (χ3n) is 3.34. The molecule has 1 saturated carbocycles. The van der Waals surface area contributed by atoms with Crippen molar-refractivity contribution in [3.05, 3.63) is 40.4 Å². The van der Waals surface area contributed by atoms with Crippen molar-refractivity contribution < 1.29 is 9.59 Å². The summed E-state index contributed by atoms with van der Waals surface area (Å²) < 4.78 is 0. The average molecular weight is 397 g/mol. The zero-order valence-corrected chi connectivity index (χ0v) is 15.3. The first-order chi connectivity index (χ1) is 12.0. The standard InChI is InChI=1S/C16H14Cl2N4O2S/c17-10-5-11(18)7-12(6-10)19-14(23)8-25-15-4-3-13(21-22-15)20-16(24)9-1-2-9/h3-7,9H,1-2,8H2,(H,19,23)(H,20,21,24). The van der Waals surface area contributed by atoms with E-state index < -0.39 is 0 Å². The second-order valence-electron chi connectivity index (χ2n) is 5.52. The molecule has 1 heterocycles. The molecule has 25 heavy (non-hydrogen) atoms. The van der Waals surface area contributed by atoms with Crippen LogP contribution in [0, 0.1) is 5.92 Å². The van der Waals surface area contributed by atoms with E-state index in [9.17, 15) is 9.59 Å². The Hall–Kier alpha value is -1.83. The van der Waals surface area contributed by atoms with Crippen LogP contribution in [0.2, 0.25) is 10.0 Å². The first-order valence-electron chi connectivity index (χ1n) is 7.53. The normalized spacial score (nSPS) is 13.4. The van der Waals surface area contributed by atoms with Crippen LogP contribution >= 0.6 is 35.0 Å². The van der Waals surface area contributed by atoms with Crippen molar-refractivity contribution in [2.75, 3.05) is 16.4 Å². The summed E-state index contributed by atoms with van der Waals surface area (Å²) in [7, 11) is 0. The van der Waals surface area contributed by atoms with Gasteiger partial charge in [0.15, 0.2) is 5.82 Å². The van der Waals surface area contributed by atoms with Gasteiger partial charge in [0, 0.05) is 21.7 Å². The summed E-state index contributed by atoms with van der Waals surface area (Å²) in [5.41, 5.74) is 0.535. The lowest BCUT2D eigenvalue weighted by molar-refractivity contribution is -0.117. The molecule has 1 fully saturated rings. The molecule has 0 atom stereocenters. The van der Waals surface area contributed by atoms with Crippen LogP contribution in [0.15, 0.2) is 35.4 Å². The minimum absolute atomic E-state index is 0.0192. The summed E-state index contributed by atoms with van der Waals surface area (Å²) in [4.78, 5) is 23.6. The van der Waals surface area contributed by atoms with Crippen LogP contribution in [0.1, 0.15) is 12.8 Å². The highest BCUT2D eigenvalue weighted by molar-refractivity contribution is 7.99. The molecule has 6 nitrogen and oxygen atoms in total. The van der Waals surface area contributed by atoms with Gasteiger partial charge in [0.2, 0.25) is 11.8 Å². The first kappa shape index (κ1) is 18.0. The molecule has 0 spiro atoms. The Balaban J connectivity index is 1.48. The van der Waals surface area contributed by atoms with Crippen LogP contribution in [0.5, 0.6) is 0 Å². The SMILES string of the molecule is O=C(CSc1ccc(NC(=O)C2CC2)nn1)Nc1cc(Cl)cc(Cl)c1. The van der Waals surface area contributed by atoms with Crippen LogP contribution in [-0.4, -0.2) is 27.8 Å². The maximum atomic E-state index is 12.0. The van der Waals surface area contributed by atoms with Crippen molar-refractivity contribution in [2.45, 2.75) is 17.9 Å². The number of amides is 2. The molecule has 2 N–H and O–H groups in total. The Morgan fingerprint density at radius 3 is 2.40 bits per heavy atom. The predicted octanol–water partition coefficient (Wildman–Crippen LogP) is 3.86. The molecule has 2 aromatic rings. The monoisotopic (exact) mass is 396 g/mol. The van der Waals surface area contributed by atoms with E-state index >= 15 is 0 Å². The van der Waals surface area contributed by atoms with Gasteiger partial charge in [-0.25, -0.2) is 0 Å². The molecule has 130 valence electrons. The Morgan fingerprint density at radius 1 is 1.08 bits per heavy atom. The molecule has 0 radical (unpaired) electrons. The topological polar surface area (TPSA) is 84.0 Å². The van der Waals surface area contributed by atoms with Gasteiger partial charge in [0.1, 0.15) is 5.03 Å². The molecule has 1 aliphatic rings. The van der Waals surface area contributed by atoms with Gasteiger partial charge in [0.05, 0.1) is 5.75 Å². The van der Waals surface area contributed by atoms with E-state index in [1.54, 1.807) is 30.3 Å². The zero-order valence-electron chi connectivity index (χ0n) is 13.0. The maximum Gasteiger partial charge on any atom is 0.234 e. The van der Waals surface area contributed by atoms with Crippen molar-refractivity contribution in [2.24, 2.45) is 5.92 Å². The van der Waals surface area contributed by atoms with E-state index in [4.69, 9.17) is 23.2 Å². The van der Waals surface area contributed by atoms with Crippen LogP contribution in [0.4, 0.5) is 11.5 Å². The number of anilines is 2. The quantitative estimate of drug-likeness (QED) is 0.724. The van der Waals surface area contributed by atoms with Crippen LogP contribution < -0.4 is 10.6 Å². The van der Waals surface area contributed by atoms with E-state index in [1.165, 1.54) is 11.8 Å². The summed E-state index contributed by atoms with van der Waals surface area (Å²) >= 11 is 13.0. The van der Waals surface area contributed by atoms with Gasteiger partial charge >= 0.3 is 0 Å².